The van der Waals surface area contributed by atoms with Crippen LogP contribution in [0.1, 0.15) is 84.6 Å². The quantitative estimate of drug-likeness (QED) is 0.206. The molecule has 0 bridgehead atoms. The number of methoxy groups -OCH3 is 1. The molecule has 3 amide bonds. The second-order valence-corrected chi connectivity index (χ2v) is 12.9. The normalized spacial score (nSPS) is 14.7. The highest BCUT2D eigenvalue weighted by molar-refractivity contribution is 7.17. The fourth-order valence-corrected chi connectivity index (χ4v) is 6.13. The maximum absolute atomic E-state index is 14.2. The van der Waals surface area contributed by atoms with Crippen LogP contribution in [0.5, 0.6) is 5.75 Å². The minimum absolute atomic E-state index is 0.0550. The number of thiazole rings is 1. The molecule has 45 heavy (non-hydrogen) atoms. The van der Waals surface area contributed by atoms with Crippen LogP contribution in [0.25, 0.3) is 17.3 Å². The van der Waals surface area contributed by atoms with Crippen molar-refractivity contribution in [3.05, 3.63) is 45.4 Å². The van der Waals surface area contributed by atoms with Crippen molar-refractivity contribution >= 4 is 40.3 Å². The molecule has 0 saturated carbocycles. The first kappa shape index (κ1) is 35.5. The fourth-order valence-electron chi connectivity index (χ4n) is 5.06. The van der Waals surface area contributed by atoms with Crippen LogP contribution in [0.2, 0.25) is 0 Å². The lowest BCUT2D eigenvalue weighted by molar-refractivity contribution is -0.173. The summed E-state index contributed by atoms with van der Waals surface area (Å²) in [7, 11) is 1.55. The minimum Gasteiger partial charge on any atom is -0.496 e. The van der Waals surface area contributed by atoms with Gasteiger partial charge in [0.1, 0.15) is 17.4 Å². The average molecular weight is 636 g/mol. The summed E-state index contributed by atoms with van der Waals surface area (Å²) in [5.74, 6) is -1.45. The van der Waals surface area contributed by atoms with Gasteiger partial charge >= 0.3 is 0 Å². The van der Waals surface area contributed by atoms with Gasteiger partial charge in [0, 0.05) is 36.2 Å². The number of anilines is 1. The fraction of sp³-hybridized carbons (Fsp3) is 0.500. The molecule has 0 unspecified atom stereocenters. The first-order chi connectivity index (χ1) is 21.4. The van der Waals surface area contributed by atoms with Crippen molar-refractivity contribution in [2.45, 2.75) is 80.8 Å². The highest BCUT2D eigenvalue weighted by atomic mass is 32.1. The largest absolute Gasteiger partial charge is 0.496 e. The molecule has 242 valence electrons. The molecule has 0 spiro atoms. The highest BCUT2D eigenvalue weighted by Crippen LogP contribution is 2.42. The number of aromatic nitrogens is 1. The van der Waals surface area contributed by atoms with E-state index in [9.17, 15) is 24.8 Å². The number of amides is 3. The van der Waals surface area contributed by atoms with Crippen molar-refractivity contribution in [1.29, 1.82) is 5.26 Å². The summed E-state index contributed by atoms with van der Waals surface area (Å²) in [5, 5.41) is 23.0. The Labute approximate surface area is 270 Å². The van der Waals surface area contributed by atoms with E-state index in [0.29, 0.717) is 27.4 Å². The molecule has 1 aliphatic heterocycles. The Morgan fingerprint density at radius 3 is 2.29 bits per heavy atom. The van der Waals surface area contributed by atoms with Gasteiger partial charge in [0.05, 0.1) is 24.3 Å². The summed E-state index contributed by atoms with van der Waals surface area (Å²) in [6, 6.07) is 7.34. The first-order valence-corrected chi connectivity index (χ1v) is 16.3. The standard InChI is InChI=1S/C34H45N5O5S/c1-9-12-17-37(18-13-10-2)33-36-29(28-23(21-40)15-14-16-26(28)44-8)27(45-33)19-24-22(4)25(20-35)31(42)39(30(24)41)38(11-3)32(43)34(5,6)7/h14-16,19,40H,9-13,17-18,21H2,1-8H3/b24-19-. The van der Waals surface area contributed by atoms with Gasteiger partial charge in [-0.25, -0.2) is 9.99 Å². The van der Waals surface area contributed by atoms with Crippen LogP contribution >= 0.6 is 11.3 Å². The molecular formula is C34H45N5O5S. The van der Waals surface area contributed by atoms with Crippen molar-refractivity contribution in [2.75, 3.05) is 31.6 Å². The predicted octanol–water partition coefficient (Wildman–Crippen LogP) is 6.12. The smallest absolute Gasteiger partial charge is 0.290 e. The van der Waals surface area contributed by atoms with Crippen molar-refractivity contribution in [3.8, 4) is 23.1 Å². The van der Waals surface area contributed by atoms with Crippen LogP contribution < -0.4 is 9.64 Å². The Bertz CT molecular complexity index is 1500. The molecular weight excluding hydrogens is 590 g/mol. The predicted molar refractivity (Wildman–Crippen MR) is 177 cm³/mol. The summed E-state index contributed by atoms with van der Waals surface area (Å²) >= 11 is 1.39. The number of hydrogen-bond acceptors (Lipinski definition) is 9. The second kappa shape index (κ2) is 15.3. The monoisotopic (exact) mass is 635 g/mol. The molecule has 0 saturated heterocycles. The maximum Gasteiger partial charge on any atom is 0.290 e. The molecule has 2 aromatic rings. The van der Waals surface area contributed by atoms with E-state index in [1.807, 2.05) is 6.07 Å². The number of aliphatic hydroxyl groups excluding tert-OH is 1. The highest BCUT2D eigenvalue weighted by Gasteiger charge is 2.43. The molecule has 0 fully saturated rings. The number of unbranched alkanes of at least 4 members (excludes halogenated alkanes) is 2. The van der Waals surface area contributed by atoms with E-state index in [0.717, 1.165) is 53.9 Å². The van der Waals surface area contributed by atoms with Gasteiger partial charge in [0.15, 0.2) is 5.13 Å². The Balaban J connectivity index is 2.35. The van der Waals surface area contributed by atoms with Crippen LogP contribution in [-0.2, 0) is 21.0 Å². The Kier molecular flexibility index (Phi) is 12.1. The molecule has 0 atom stereocenters. The number of benzene rings is 1. The third-order valence-corrected chi connectivity index (χ3v) is 8.69. The Morgan fingerprint density at radius 2 is 1.78 bits per heavy atom. The van der Waals surface area contributed by atoms with E-state index < -0.39 is 23.1 Å². The number of nitrogens with zero attached hydrogens (tertiary/aromatic N) is 5. The lowest BCUT2D eigenvalue weighted by Gasteiger charge is -2.38. The van der Waals surface area contributed by atoms with Crippen molar-refractivity contribution in [2.24, 2.45) is 5.41 Å². The van der Waals surface area contributed by atoms with E-state index >= 15 is 0 Å². The number of ether oxygens (including phenoxy) is 1. The van der Waals surface area contributed by atoms with E-state index in [1.165, 1.54) is 11.3 Å². The average Bonchev–Trinajstić information content (AvgIpc) is 3.43. The molecule has 0 aliphatic carbocycles. The number of aliphatic hydroxyl groups is 1. The molecule has 1 aromatic heterocycles. The molecule has 1 aromatic carbocycles. The summed E-state index contributed by atoms with van der Waals surface area (Å²) in [5.41, 5.74) is 0.949. The van der Waals surface area contributed by atoms with Crippen LogP contribution in [0, 0.1) is 16.7 Å². The number of rotatable bonds is 13. The van der Waals surface area contributed by atoms with Gasteiger partial charge in [-0.2, -0.15) is 10.3 Å². The topological polar surface area (TPSA) is 127 Å². The molecule has 1 aliphatic rings. The summed E-state index contributed by atoms with van der Waals surface area (Å²) in [4.78, 5) is 48.9. The molecule has 3 rings (SSSR count). The molecule has 11 heteroatoms. The number of imide groups is 1. The van der Waals surface area contributed by atoms with Gasteiger partial charge in [-0.1, -0.05) is 70.9 Å². The number of carbonyl (C=O) groups is 3. The van der Waals surface area contributed by atoms with Crippen LogP contribution in [-0.4, -0.2) is 64.6 Å². The van der Waals surface area contributed by atoms with E-state index in [-0.39, 0.29) is 29.9 Å². The number of nitriles is 1. The zero-order chi connectivity index (χ0) is 33.5. The Morgan fingerprint density at radius 1 is 1.13 bits per heavy atom. The number of hydrogen-bond donors (Lipinski definition) is 1. The third kappa shape index (κ3) is 7.45. The molecule has 2 heterocycles. The van der Waals surface area contributed by atoms with Crippen LogP contribution in [0.4, 0.5) is 5.13 Å². The maximum atomic E-state index is 14.2. The SMILES string of the molecule is CCCCN(CCCC)c1nc(-c2c(CO)cccc2OC)c(/C=C2\C(=O)N(N(CC)C(=O)C(C)(C)C)C(=O)C(C#N)=C2C)s1. The molecule has 0 radical (unpaired) electrons. The van der Waals surface area contributed by atoms with Gasteiger partial charge in [-0.05, 0) is 50.0 Å². The minimum atomic E-state index is -0.881. The lowest BCUT2D eigenvalue weighted by atomic mass is 9.93. The van der Waals surface area contributed by atoms with Gasteiger partial charge in [0.25, 0.3) is 11.8 Å². The Hall–Kier alpha value is -4.01. The van der Waals surface area contributed by atoms with Crippen molar-refractivity contribution in [1.82, 2.24) is 15.0 Å². The second-order valence-electron chi connectivity index (χ2n) is 11.9. The van der Waals surface area contributed by atoms with Gasteiger partial charge in [-0.3, -0.25) is 14.4 Å². The van der Waals surface area contributed by atoms with Crippen molar-refractivity contribution < 1.29 is 24.2 Å². The van der Waals surface area contributed by atoms with Gasteiger partial charge < -0.3 is 14.7 Å². The van der Waals surface area contributed by atoms with Gasteiger partial charge in [0.2, 0.25) is 5.91 Å². The zero-order valence-electron chi connectivity index (χ0n) is 27.7. The number of carbonyl (C=O) groups excluding carboxylic acids is 3. The number of hydrazine groups is 1. The molecule has 1 N–H and O–H groups in total. The van der Waals surface area contributed by atoms with Crippen LogP contribution in [0.15, 0.2) is 34.9 Å². The summed E-state index contributed by atoms with van der Waals surface area (Å²) in [6.07, 6.45) is 5.62. The summed E-state index contributed by atoms with van der Waals surface area (Å²) in [6.45, 7) is 14.0. The molecule has 10 nitrogen and oxygen atoms in total. The summed E-state index contributed by atoms with van der Waals surface area (Å²) < 4.78 is 5.70. The van der Waals surface area contributed by atoms with E-state index in [2.05, 4.69) is 18.7 Å². The van der Waals surface area contributed by atoms with E-state index in [1.54, 1.807) is 66.0 Å². The van der Waals surface area contributed by atoms with Gasteiger partial charge in [-0.15, -0.1) is 0 Å². The third-order valence-electron chi connectivity index (χ3n) is 7.63. The van der Waals surface area contributed by atoms with Crippen LogP contribution in [0.3, 0.4) is 0 Å². The lowest BCUT2D eigenvalue weighted by Crippen LogP contribution is -2.57. The van der Waals surface area contributed by atoms with Crippen molar-refractivity contribution in [3.63, 3.8) is 0 Å². The first-order valence-electron chi connectivity index (χ1n) is 15.5. The van der Waals surface area contributed by atoms with E-state index in [4.69, 9.17) is 9.72 Å². The zero-order valence-corrected chi connectivity index (χ0v) is 28.5.